The van der Waals surface area contributed by atoms with Crippen LogP contribution in [0, 0.1) is 47.0 Å². The molecule has 0 aliphatic heterocycles. The minimum atomic E-state index is -5.35. The van der Waals surface area contributed by atoms with Crippen LogP contribution in [0.1, 0.15) is 47.6 Å². The van der Waals surface area contributed by atoms with E-state index in [4.69, 9.17) is 0 Å². The number of hydrogen-bond acceptors (Lipinski definition) is 2. The molecule has 2 nitrogen and oxygen atoms in total. The number of halogens is 11. The van der Waals surface area contributed by atoms with Crippen molar-refractivity contribution in [3.63, 3.8) is 0 Å². The molecule has 0 amide bonds. The SMILES string of the molecule is CCCCc1ccc(C#Cc2ccc(C(F)(F)Oc3cc(F)c(C#CC4=CC(F)C(OC(F)(F)F)C(F)=C4)c(F)c3)c(F)c2)c(F)c1. The predicted octanol–water partition coefficient (Wildman–Crippen LogP) is 9.50. The van der Waals surface area contributed by atoms with Crippen molar-refractivity contribution in [2.24, 2.45) is 0 Å². The molecule has 0 saturated carbocycles. The monoisotopic (exact) mass is 670 g/mol. The predicted molar refractivity (Wildman–Crippen MR) is 148 cm³/mol. The zero-order valence-electron chi connectivity index (χ0n) is 24.0. The van der Waals surface area contributed by atoms with E-state index in [1.54, 1.807) is 6.07 Å². The van der Waals surface area contributed by atoms with Gasteiger partial charge in [0, 0.05) is 23.3 Å². The molecule has 13 heteroatoms. The largest absolute Gasteiger partial charge is 0.523 e. The lowest BCUT2D eigenvalue weighted by Crippen LogP contribution is -2.33. The van der Waals surface area contributed by atoms with Crippen LogP contribution >= 0.6 is 0 Å². The van der Waals surface area contributed by atoms with Crippen molar-refractivity contribution in [1.82, 2.24) is 0 Å². The fraction of sp³-hybridized carbons (Fsp3) is 0.235. The van der Waals surface area contributed by atoms with Gasteiger partial charge >= 0.3 is 12.5 Å². The van der Waals surface area contributed by atoms with Gasteiger partial charge in [-0.05, 0) is 60.9 Å². The molecule has 2 unspecified atom stereocenters. The number of rotatable bonds is 7. The summed E-state index contributed by atoms with van der Waals surface area (Å²) in [5, 5.41) is 0. The van der Waals surface area contributed by atoms with Crippen molar-refractivity contribution in [1.29, 1.82) is 0 Å². The van der Waals surface area contributed by atoms with Gasteiger partial charge in [-0.1, -0.05) is 43.1 Å². The van der Waals surface area contributed by atoms with E-state index >= 15 is 0 Å². The normalized spacial score (nSPS) is 16.3. The van der Waals surface area contributed by atoms with Crippen molar-refractivity contribution < 1.29 is 57.8 Å². The summed E-state index contributed by atoms with van der Waals surface area (Å²) in [5.74, 6) is 0.849. The van der Waals surface area contributed by atoms with Crippen LogP contribution in [0.5, 0.6) is 5.75 Å². The molecular weight excluding hydrogens is 649 g/mol. The van der Waals surface area contributed by atoms with Gasteiger partial charge in [0.15, 0.2) is 12.3 Å². The van der Waals surface area contributed by atoms with E-state index < -0.39 is 76.3 Å². The molecule has 2 atom stereocenters. The van der Waals surface area contributed by atoms with Gasteiger partial charge in [-0.25, -0.2) is 26.3 Å². The summed E-state index contributed by atoms with van der Waals surface area (Å²) in [6.45, 7) is 1.99. The fourth-order valence-electron chi connectivity index (χ4n) is 4.26. The Morgan fingerprint density at radius 2 is 1.47 bits per heavy atom. The maximum Gasteiger partial charge on any atom is 0.523 e. The Hall–Kier alpha value is -4.75. The number of unbranched alkanes of at least 4 members (excludes halogenated alkanes) is 1. The van der Waals surface area contributed by atoms with Crippen LogP contribution < -0.4 is 4.74 Å². The van der Waals surface area contributed by atoms with Gasteiger partial charge in [-0.3, -0.25) is 4.74 Å². The first kappa shape index (κ1) is 35.1. The Morgan fingerprint density at radius 1 is 0.766 bits per heavy atom. The van der Waals surface area contributed by atoms with E-state index in [9.17, 15) is 48.3 Å². The first-order valence-electron chi connectivity index (χ1n) is 13.7. The number of aryl methyl sites for hydroxylation is 1. The van der Waals surface area contributed by atoms with E-state index in [1.807, 2.05) is 18.8 Å². The third-order valence-corrected chi connectivity index (χ3v) is 6.52. The average molecular weight is 671 g/mol. The summed E-state index contributed by atoms with van der Waals surface area (Å²) in [6, 6.07) is 7.33. The van der Waals surface area contributed by atoms with Gasteiger partial charge in [0.2, 0.25) is 0 Å². The summed E-state index contributed by atoms with van der Waals surface area (Å²) in [6.07, 6.45) is -11.8. The Balaban J connectivity index is 1.48. The molecule has 0 aromatic heterocycles. The van der Waals surface area contributed by atoms with E-state index in [0.717, 1.165) is 24.5 Å². The summed E-state index contributed by atoms with van der Waals surface area (Å²) < 4.78 is 161. The smallest absolute Gasteiger partial charge is 0.429 e. The Morgan fingerprint density at radius 3 is 2.06 bits per heavy atom. The van der Waals surface area contributed by atoms with Gasteiger partial charge in [0.05, 0.1) is 11.1 Å². The second-order valence-corrected chi connectivity index (χ2v) is 10.1. The molecule has 1 aliphatic carbocycles. The van der Waals surface area contributed by atoms with E-state index in [-0.39, 0.29) is 23.3 Å². The van der Waals surface area contributed by atoms with Gasteiger partial charge in [-0.2, -0.15) is 8.78 Å². The quantitative estimate of drug-likeness (QED) is 0.184. The minimum Gasteiger partial charge on any atom is -0.429 e. The molecule has 0 bridgehead atoms. The second-order valence-electron chi connectivity index (χ2n) is 10.1. The van der Waals surface area contributed by atoms with Gasteiger partial charge in [-0.15, -0.1) is 13.2 Å². The first-order valence-corrected chi connectivity index (χ1v) is 13.7. The lowest BCUT2D eigenvalue weighted by Gasteiger charge is -2.22. The van der Waals surface area contributed by atoms with Crippen molar-refractivity contribution in [3.05, 3.63) is 123 Å². The highest BCUT2D eigenvalue weighted by atomic mass is 19.4. The van der Waals surface area contributed by atoms with Crippen molar-refractivity contribution in [2.75, 3.05) is 0 Å². The third-order valence-electron chi connectivity index (χ3n) is 6.52. The molecular formula is C34H21F11O2. The Kier molecular flexibility index (Phi) is 10.7. The van der Waals surface area contributed by atoms with Crippen LogP contribution in [-0.4, -0.2) is 18.6 Å². The van der Waals surface area contributed by atoms with Gasteiger partial charge in [0.1, 0.15) is 40.4 Å². The molecule has 0 fully saturated rings. The van der Waals surface area contributed by atoms with Crippen LogP contribution in [0.15, 0.2) is 72.1 Å². The zero-order chi connectivity index (χ0) is 34.5. The molecule has 4 rings (SSSR count). The van der Waals surface area contributed by atoms with E-state index in [2.05, 4.69) is 21.3 Å². The number of alkyl halides is 6. The lowest BCUT2D eigenvalue weighted by atomic mass is 10.0. The standard InChI is InChI=1S/C34H21F11O2/c1-2-3-4-19-5-9-22(26(35)13-19)10-6-20-8-12-25(29(38)14-20)33(41,42)46-23-17-27(36)24(28(37)18-23)11-7-21-15-30(39)32(31(40)16-21)47-34(43,44)45/h5,8-9,12-18,30,32H,2-4H2,1H3. The average Bonchev–Trinajstić information content (AvgIpc) is 2.96. The Labute approximate surface area is 261 Å². The topological polar surface area (TPSA) is 18.5 Å². The van der Waals surface area contributed by atoms with Crippen LogP contribution in [-0.2, 0) is 17.3 Å². The summed E-state index contributed by atoms with van der Waals surface area (Å²) in [7, 11) is 0. The van der Waals surface area contributed by atoms with Crippen molar-refractivity contribution in [2.45, 2.75) is 50.9 Å². The van der Waals surface area contributed by atoms with Crippen molar-refractivity contribution in [3.8, 4) is 29.4 Å². The highest BCUT2D eigenvalue weighted by Crippen LogP contribution is 2.35. The van der Waals surface area contributed by atoms with Gasteiger partial charge < -0.3 is 4.74 Å². The minimum absolute atomic E-state index is 0.00969. The van der Waals surface area contributed by atoms with Crippen molar-refractivity contribution >= 4 is 0 Å². The van der Waals surface area contributed by atoms with Crippen LogP contribution in [0.4, 0.5) is 48.3 Å². The number of ether oxygens (including phenoxy) is 2. The summed E-state index contributed by atoms with van der Waals surface area (Å²) in [5.41, 5.74) is -2.25. The lowest BCUT2D eigenvalue weighted by molar-refractivity contribution is -0.343. The maximum absolute atomic E-state index is 14.8. The van der Waals surface area contributed by atoms with Crippen LogP contribution in [0.3, 0.4) is 0 Å². The summed E-state index contributed by atoms with van der Waals surface area (Å²) >= 11 is 0. The van der Waals surface area contributed by atoms with Gasteiger partial charge in [0.25, 0.3) is 0 Å². The number of benzene rings is 3. The molecule has 3 aromatic carbocycles. The molecule has 0 heterocycles. The molecule has 0 spiro atoms. The molecule has 3 aromatic rings. The highest BCUT2D eigenvalue weighted by molar-refractivity contribution is 5.50. The fourth-order valence-corrected chi connectivity index (χ4v) is 4.26. The highest BCUT2D eigenvalue weighted by Gasteiger charge is 2.41. The van der Waals surface area contributed by atoms with Crippen LogP contribution in [0.25, 0.3) is 0 Å². The third kappa shape index (κ3) is 9.17. The molecule has 246 valence electrons. The molecule has 1 aliphatic rings. The maximum atomic E-state index is 14.8. The molecule has 0 N–H and O–H groups in total. The second kappa shape index (κ2) is 14.3. The first-order chi connectivity index (χ1) is 22.1. The molecule has 47 heavy (non-hydrogen) atoms. The number of allylic oxidation sites excluding steroid dienone is 2. The van der Waals surface area contributed by atoms with E-state index in [1.165, 1.54) is 12.1 Å². The summed E-state index contributed by atoms with van der Waals surface area (Å²) in [4.78, 5) is 0. The molecule has 0 saturated heterocycles. The van der Waals surface area contributed by atoms with Crippen LogP contribution in [0.2, 0.25) is 0 Å². The Bertz CT molecular complexity index is 1810. The van der Waals surface area contributed by atoms with E-state index in [0.29, 0.717) is 30.7 Å². The number of hydrogen-bond donors (Lipinski definition) is 0. The molecule has 0 radical (unpaired) electrons. The zero-order valence-corrected chi connectivity index (χ0v) is 24.0.